The number of benzene rings is 1. The quantitative estimate of drug-likeness (QED) is 0.377. The molecule has 0 aliphatic heterocycles. The number of nitrogens with zero attached hydrogens (tertiary/aromatic N) is 2. The molecule has 1 aromatic heterocycles. The van der Waals surface area contributed by atoms with Crippen molar-refractivity contribution in [2.45, 2.75) is 26.0 Å². The number of carbonyl (C=O) groups is 1. The molecule has 0 bridgehead atoms. The Bertz CT molecular complexity index is 688. The van der Waals surface area contributed by atoms with E-state index in [0.717, 1.165) is 17.1 Å². The fraction of sp³-hybridized carbons (Fsp3) is 0.526. The van der Waals surface area contributed by atoms with Crippen LogP contribution < -0.4 is 4.74 Å². The summed E-state index contributed by atoms with van der Waals surface area (Å²) in [6, 6.07) is 7.47. The Labute approximate surface area is 163 Å². The third-order valence-electron chi connectivity index (χ3n) is 3.53. The van der Waals surface area contributed by atoms with Crippen LogP contribution in [-0.4, -0.2) is 54.8 Å². The van der Waals surface area contributed by atoms with E-state index in [0.29, 0.717) is 37.5 Å². The number of aromatic nitrogens is 2. The number of ether oxygens (including phenoxy) is 3. The van der Waals surface area contributed by atoms with Crippen molar-refractivity contribution in [2.75, 3.05) is 38.8 Å². The molecule has 0 N–H and O–H groups in total. The average Bonchev–Trinajstić information content (AvgIpc) is 3.13. The highest BCUT2D eigenvalue weighted by Crippen LogP contribution is 2.24. The van der Waals surface area contributed by atoms with Crippen LogP contribution in [0.15, 0.2) is 33.9 Å². The molecule has 8 heteroatoms. The van der Waals surface area contributed by atoms with Gasteiger partial charge >= 0.3 is 0 Å². The van der Waals surface area contributed by atoms with Gasteiger partial charge in [0.25, 0.3) is 5.22 Å². The highest BCUT2D eigenvalue weighted by molar-refractivity contribution is 7.99. The van der Waals surface area contributed by atoms with E-state index in [1.165, 1.54) is 11.8 Å². The van der Waals surface area contributed by atoms with E-state index in [-0.39, 0.29) is 18.3 Å². The second-order valence-electron chi connectivity index (χ2n) is 5.96. The van der Waals surface area contributed by atoms with Crippen LogP contribution in [0.1, 0.15) is 20.8 Å². The average molecular weight is 394 g/mol. The van der Waals surface area contributed by atoms with Gasteiger partial charge in [-0.3, -0.25) is 4.79 Å². The Morgan fingerprint density at radius 1 is 1.07 bits per heavy atom. The molecule has 0 atom stereocenters. The van der Waals surface area contributed by atoms with Gasteiger partial charge < -0.3 is 18.6 Å². The van der Waals surface area contributed by atoms with E-state index in [2.05, 4.69) is 10.2 Å². The number of thioether (sulfide) groups is 1. The first-order chi connectivity index (χ1) is 13.1. The molecular weight excluding hydrogens is 368 g/mol. The molecule has 0 aliphatic rings. The number of hydrogen-bond acceptors (Lipinski definition) is 8. The second-order valence-corrected chi connectivity index (χ2v) is 7.18. The van der Waals surface area contributed by atoms with Crippen LogP contribution in [0.4, 0.5) is 0 Å². The minimum Gasteiger partial charge on any atom is -0.491 e. The molecule has 0 amide bonds. The molecule has 0 unspecified atom stereocenters. The molecular formula is C19H26N2O5S. The highest BCUT2D eigenvalue weighted by atomic mass is 32.2. The van der Waals surface area contributed by atoms with Crippen molar-refractivity contribution in [1.82, 2.24) is 10.2 Å². The van der Waals surface area contributed by atoms with E-state index in [9.17, 15) is 4.79 Å². The molecule has 0 radical (unpaired) electrons. The van der Waals surface area contributed by atoms with Crippen molar-refractivity contribution < 1.29 is 23.4 Å². The van der Waals surface area contributed by atoms with E-state index >= 15 is 0 Å². The molecule has 0 saturated heterocycles. The summed E-state index contributed by atoms with van der Waals surface area (Å²) in [5.74, 6) is 2.23. The van der Waals surface area contributed by atoms with E-state index in [4.69, 9.17) is 18.6 Å². The van der Waals surface area contributed by atoms with Crippen molar-refractivity contribution >= 4 is 17.5 Å². The Balaban J connectivity index is 1.60. The van der Waals surface area contributed by atoms with Crippen LogP contribution in [0.25, 0.3) is 11.5 Å². The van der Waals surface area contributed by atoms with E-state index in [1.807, 2.05) is 45.0 Å². The van der Waals surface area contributed by atoms with Gasteiger partial charge in [-0.15, -0.1) is 10.2 Å². The van der Waals surface area contributed by atoms with Crippen molar-refractivity contribution in [2.24, 2.45) is 5.92 Å². The molecule has 7 nitrogen and oxygen atoms in total. The van der Waals surface area contributed by atoms with Gasteiger partial charge in [0.1, 0.15) is 19.0 Å². The van der Waals surface area contributed by atoms with Crippen LogP contribution in [0, 0.1) is 5.92 Å². The summed E-state index contributed by atoms with van der Waals surface area (Å²) in [4.78, 5) is 11.4. The Morgan fingerprint density at radius 3 is 2.48 bits per heavy atom. The van der Waals surface area contributed by atoms with Crippen LogP contribution in [0.2, 0.25) is 0 Å². The van der Waals surface area contributed by atoms with Crippen molar-refractivity contribution in [3.63, 3.8) is 0 Å². The molecule has 1 heterocycles. The molecule has 148 valence electrons. The lowest BCUT2D eigenvalue weighted by Crippen LogP contribution is -2.17. The summed E-state index contributed by atoms with van der Waals surface area (Å²) in [6.45, 7) is 7.60. The lowest BCUT2D eigenvalue weighted by Gasteiger charge is -2.08. The maximum absolute atomic E-state index is 11.4. The van der Waals surface area contributed by atoms with Crippen LogP contribution >= 0.6 is 11.8 Å². The van der Waals surface area contributed by atoms with Gasteiger partial charge in [-0.1, -0.05) is 32.5 Å². The van der Waals surface area contributed by atoms with Gasteiger partial charge in [-0.05, 0) is 30.0 Å². The van der Waals surface area contributed by atoms with Crippen molar-refractivity contribution in [1.29, 1.82) is 0 Å². The SMILES string of the molecule is CCSc1nnc(-c2ccc(OCCOCCOCC(=O)C(C)C)cc2)o1. The van der Waals surface area contributed by atoms with Crippen LogP contribution in [-0.2, 0) is 14.3 Å². The minimum absolute atomic E-state index is 0.00261. The summed E-state index contributed by atoms with van der Waals surface area (Å²) in [6.07, 6.45) is 0. The fourth-order valence-electron chi connectivity index (χ4n) is 1.98. The van der Waals surface area contributed by atoms with Gasteiger partial charge in [0.2, 0.25) is 5.89 Å². The summed E-state index contributed by atoms with van der Waals surface area (Å²) < 4.78 is 21.9. The Kier molecular flexibility index (Phi) is 9.30. The maximum Gasteiger partial charge on any atom is 0.276 e. The summed E-state index contributed by atoms with van der Waals surface area (Å²) in [5, 5.41) is 8.59. The topological polar surface area (TPSA) is 83.7 Å². The third kappa shape index (κ3) is 7.70. The van der Waals surface area contributed by atoms with Crippen LogP contribution in [0.5, 0.6) is 5.75 Å². The third-order valence-corrected chi connectivity index (χ3v) is 4.23. The predicted molar refractivity (Wildman–Crippen MR) is 103 cm³/mol. The zero-order valence-corrected chi connectivity index (χ0v) is 16.8. The summed E-state index contributed by atoms with van der Waals surface area (Å²) in [7, 11) is 0. The molecule has 0 saturated carbocycles. The molecule has 2 rings (SSSR count). The Hall–Kier alpha value is -1.90. The number of ketones is 1. The number of carbonyl (C=O) groups excluding carboxylic acids is 1. The highest BCUT2D eigenvalue weighted by Gasteiger charge is 2.08. The molecule has 0 aliphatic carbocycles. The lowest BCUT2D eigenvalue weighted by atomic mass is 10.1. The van der Waals surface area contributed by atoms with Crippen LogP contribution in [0.3, 0.4) is 0 Å². The van der Waals surface area contributed by atoms with Crippen molar-refractivity contribution in [3.8, 4) is 17.2 Å². The van der Waals surface area contributed by atoms with E-state index in [1.54, 1.807) is 0 Å². The molecule has 0 fully saturated rings. The number of rotatable bonds is 13. The largest absolute Gasteiger partial charge is 0.491 e. The Morgan fingerprint density at radius 2 is 1.78 bits per heavy atom. The first-order valence-corrected chi connectivity index (χ1v) is 9.96. The van der Waals surface area contributed by atoms with Gasteiger partial charge in [-0.25, -0.2) is 0 Å². The molecule has 2 aromatic rings. The smallest absolute Gasteiger partial charge is 0.276 e. The zero-order chi connectivity index (χ0) is 19.5. The predicted octanol–water partition coefficient (Wildman–Crippen LogP) is 3.49. The first kappa shape index (κ1) is 21.4. The monoisotopic (exact) mass is 394 g/mol. The number of hydrogen-bond donors (Lipinski definition) is 0. The standard InChI is InChI=1S/C19H26N2O5S/c1-4-27-19-21-20-18(26-19)15-5-7-16(8-6-15)25-12-11-23-9-10-24-13-17(22)14(2)3/h5-8,14H,4,9-13H2,1-3H3. The molecule has 0 spiro atoms. The number of Topliss-reactive ketones (excluding diaryl/α,β-unsaturated/α-hetero) is 1. The molecule has 1 aromatic carbocycles. The maximum atomic E-state index is 11.4. The first-order valence-electron chi connectivity index (χ1n) is 8.98. The van der Waals surface area contributed by atoms with E-state index < -0.39 is 0 Å². The van der Waals surface area contributed by atoms with Gasteiger partial charge in [-0.2, -0.15) is 0 Å². The van der Waals surface area contributed by atoms with Gasteiger partial charge in [0, 0.05) is 11.5 Å². The fourth-order valence-corrected chi connectivity index (χ4v) is 2.46. The zero-order valence-electron chi connectivity index (χ0n) is 16.0. The second kappa shape index (κ2) is 11.7. The lowest BCUT2D eigenvalue weighted by molar-refractivity contribution is -0.127. The molecule has 27 heavy (non-hydrogen) atoms. The minimum atomic E-state index is 0.00261. The van der Waals surface area contributed by atoms with Gasteiger partial charge in [0.05, 0.1) is 19.8 Å². The normalized spacial score (nSPS) is 11.1. The summed E-state index contributed by atoms with van der Waals surface area (Å²) >= 11 is 1.51. The van der Waals surface area contributed by atoms with Gasteiger partial charge in [0.15, 0.2) is 5.78 Å². The van der Waals surface area contributed by atoms with Crippen molar-refractivity contribution in [3.05, 3.63) is 24.3 Å². The summed E-state index contributed by atoms with van der Waals surface area (Å²) in [5.41, 5.74) is 0.849.